The van der Waals surface area contributed by atoms with Crippen molar-refractivity contribution in [2.45, 2.75) is 0 Å². The highest BCUT2D eigenvalue weighted by molar-refractivity contribution is 7.24. The Morgan fingerprint density at radius 2 is 0.770 bits per heavy atom. The van der Waals surface area contributed by atoms with Gasteiger partial charge >= 0.3 is 0 Å². The highest BCUT2D eigenvalue weighted by atomic mass is 32.1. The summed E-state index contributed by atoms with van der Waals surface area (Å²) in [4.78, 5) is 16.6. The highest BCUT2D eigenvalue weighted by Crippen LogP contribution is 2.50. The number of aromatic nitrogens is 3. The lowest BCUT2D eigenvalue weighted by atomic mass is 9.92. The Hall–Kier alpha value is -7.79. The van der Waals surface area contributed by atoms with Crippen LogP contribution in [0.2, 0.25) is 0 Å². The maximum atomic E-state index is 5.37. The summed E-state index contributed by atoms with van der Waals surface area (Å²) in [6, 6.07) is 79.1. The second-order valence-electron chi connectivity index (χ2n) is 15.1. The first-order chi connectivity index (χ1) is 30.2. The summed E-state index contributed by atoms with van der Waals surface area (Å²) in [5.74, 6) is 0.712. The van der Waals surface area contributed by atoms with Crippen LogP contribution in [0.25, 0.3) is 110 Å². The minimum Gasteiger partial charge on any atom is -0.247 e. The minimum absolute atomic E-state index is 0.712. The van der Waals surface area contributed by atoms with E-state index < -0.39 is 0 Å². The molecule has 0 bridgehead atoms. The van der Waals surface area contributed by atoms with Crippen molar-refractivity contribution in [3.8, 4) is 89.0 Å². The van der Waals surface area contributed by atoms with Gasteiger partial charge in [-0.3, -0.25) is 0 Å². The van der Waals surface area contributed by atoms with Gasteiger partial charge in [-0.15, -0.1) is 11.3 Å². The van der Waals surface area contributed by atoms with E-state index in [-0.39, 0.29) is 0 Å². The predicted octanol–water partition coefficient (Wildman–Crippen LogP) is 15.6. The quantitative estimate of drug-likeness (QED) is 0.154. The summed E-state index contributed by atoms with van der Waals surface area (Å²) in [7, 11) is 0. The van der Waals surface area contributed by atoms with E-state index in [2.05, 4.69) is 188 Å². The molecule has 286 valence electrons. The Morgan fingerprint density at radius 1 is 0.311 bits per heavy atom. The molecule has 0 aliphatic heterocycles. The molecule has 0 N–H and O–H groups in total. The van der Waals surface area contributed by atoms with Crippen LogP contribution in [0.15, 0.2) is 224 Å². The lowest BCUT2D eigenvalue weighted by Crippen LogP contribution is -1.95. The number of rotatable bonds is 8. The van der Waals surface area contributed by atoms with E-state index in [0.29, 0.717) is 5.82 Å². The molecule has 0 saturated heterocycles. The predicted molar refractivity (Wildman–Crippen MR) is 256 cm³/mol. The van der Waals surface area contributed by atoms with Crippen molar-refractivity contribution >= 4 is 32.3 Å². The summed E-state index contributed by atoms with van der Waals surface area (Å²) in [5, 5.41) is 2.35. The third kappa shape index (κ3) is 6.99. The lowest BCUT2D eigenvalue weighted by molar-refractivity contribution is 1.18. The third-order valence-electron chi connectivity index (χ3n) is 11.3. The zero-order valence-electron chi connectivity index (χ0n) is 33.1. The minimum atomic E-state index is 0.712. The van der Waals surface area contributed by atoms with Crippen LogP contribution in [-0.4, -0.2) is 15.0 Å². The molecule has 0 atom stereocenters. The molecule has 4 heteroatoms. The van der Waals surface area contributed by atoms with Crippen molar-refractivity contribution in [2.75, 3.05) is 0 Å². The van der Waals surface area contributed by atoms with Gasteiger partial charge in [-0.2, -0.15) is 0 Å². The van der Waals surface area contributed by atoms with Crippen molar-refractivity contribution in [1.82, 2.24) is 15.0 Å². The summed E-state index contributed by atoms with van der Waals surface area (Å²) in [5.41, 5.74) is 16.2. The molecular weight excluding hydrogens is 759 g/mol. The zero-order chi connectivity index (χ0) is 40.5. The molecule has 0 saturated carbocycles. The van der Waals surface area contributed by atoms with E-state index in [1.165, 1.54) is 48.2 Å². The zero-order valence-corrected chi connectivity index (χ0v) is 33.9. The molecule has 11 rings (SSSR count). The smallest absolute Gasteiger partial charge is 0.160 e. The van der Waals surface area contributed by atoms with Gasteiger partial charge in [0, 0.05) is 48.2 Å². The van der Waals surface area contributed by atoms with E-state index in [4.69, 9.17) is 15.0 Å². The van der Waals surface area contributed by atoms with Crippen LogP contribution in [0.3, 0.4) is 0 Å². The number of nitrogens with zero attached hydrogens (tertiary/aromatic N) is 3. The van der Waals surface area contributed by atoms with Crippen molar-refractivity contribution in [1.29, 1.82) is 0 Å². The van der Waals surface area contributed by atoms with Gasteiger partial charge in [-0.1, -0.05) is 206 Å². The SMILES string of the molecule is c1ccc(-c2cccc(-c3c(-c4ccc(-c5ccc(-c6cc(-c7ccccc7)nc(-c7ccccc7)n6)cc5)cc4)sc4c3c(-c3ccccc3)nc3ccccc34)c2)cc1. The second-order valence-corrected chi connectivity index (χ2v) is 16.2. The molecule has 3 heterocycles. The molecule has 0 aliphatic carbocycles. The Balaban J connectivity index is 1.02. The van der Waals surface area contributed by atoms with Gasteiger partial charge in [-0.05, 0) is 51.6 Å². The van der Waals surface area contributed by atoms with Crippen LogP contribution < -0.4 is 0 Å². The molecule has 3 nitrogen and oxygen atoms in total. The van der Waals surface area contributed by atoms with E-state index in [0.717, 1.165) is 56.0 Å². The molecule has 3 aromatic heterocycles. The molecule has 8 aromatic carbocycles. The van der Waals surface area contributed by atoms with Gasteiger partial charge in [0.2, 0.25) is 0 Å². The number of pyridine rings is 1. The summed E-state index contributed by atoms with van der Waals surface area (Å²) in [6.45, 7) is 0. The monoisotopic (exact) mass is 795 g/mol. The first-order valence-corrected chi connectivity index (χ1v) is 21.3. The first kappa shape index (κ1) is 36.3. The van der Waals surface area contributed by atoms with E-state index in [9.17, 15) is 0 Å². The molecule has 11 aromatic rings. The van der Waals surface area contributed by atoms with Crippen LogP contribution in [0.5, 0.6) is 0 Å². The molecular formula is C57H37N3S. The summed E-state index contributed by atoms with van der Waals surface area (Å²) in [6.07, 6.45) is 0. The number of para-hydroxylation sites is 1. The van der Waals surface area contributed by atoms with Crippen molar-refractivity contribution < 1.29 is 0 Å². The highest BCUT2D eigenvalue weighted by Gasteiger charge is 2.23. The average Bonchev–Trinajstić information content (AvgIpc) is 3.76. The number of thiophene rings is 1. The Morgan fingerprint density at radius 3 is 1.41 bits per heavy atom. The number of hydrogen-bond donors (Lipinski definition) is 0. The molecule has 0 unspecified atom stereocenters. The topological polar surface area (TPSA) is 38.7 Å². The summed E-state index contributed by atoms with van der Waals surface area (Å²) < 4.78 is 1.25. The maximum absolute atomic E-state index is 5.37. The van der Waals surface area contributed by atoms with Gasteiger partial charge in [0.05, 0.1) is 22.6 Å². The molecule has 0 fully saturated rings. The maximum Gasteiger partial charge on any atom is 0.160 e. The first-order valence-electron chi connectivity index (χ1n) is 20.5. The van der Waals surface area contributed by atoms with Crippen LogP contribution >= 0.6 is 11.3 Å². The van der Waals surface area contributed by atoms with E-state index in [1.54, 1.807) is 0 Å². The molecule has 0 aliphatic rings. The van der Waals surface area contributed by atoms with E-state index in [1.807, 2.05) is 47.7 Å². The molecule has 0 radical (unpaired) electrons. The molecule has 0 amide bonds. The fourth-order valence-electron chi connectivity index (χ4n) is 8.27. The third-order valence-corrected chi connectivity index (χ3v) is 12.6. The van der Waals surface area contributed by atoms with Crippen molar-refractivity contribution in [3.63, 3.8) is 0 Å². The largest absolute Gasteiger partial charge is 0.247 e. The Kier molecular flexibility index (Phi) is 9.38. The fraction of sp³-hybridized carbons (Fsp3) is 0. The normalized spacial score (nSPS) is 11.3. The number of benzene rings is 8. The van der Waals surface area contributed by atoms with Gasteiger partial charge in [-0.25, -0.2) is 15.0 Å². The second kappa shape index (κ2) is 15.8. The Labute approximate surface area is 359 Å². The lowest BCUT2D eigenvalue weighted by Gasteiger charge is -2.12. The number of hydrogen-bond acceptors (Lipinski definition) is 4. The standard InChI is InChI=1S/C57H37N3S/c1-5-16-38(17-6-1)46-24-15-25-47(36-46)52-53-54(43-20-9-3-10-21-43)58-49-27-14-13-26-48(49)56(53)61-55(52)44-34-30-40(31-35-44)39-28-32-42(33-29-39)51-37-50(41-18-7-2-8-19-41)59-57(60-51)45-22-11-4-12-23-45/h1-37H. The van der Waals surface area contributed by atoms with Crippen LogP contribution in [0.1, 0.15) is 0 Å². The number of fused-ring (bicyclic) bond motifs is 3. The van der Waals surface area contributed by atoms with Crippen LogP contribution in [-0.2, 0) is 0 Å². The van der Waals surface area contributed by atoms with Gasteiger partial charge in [0.25, 0.3) is 0 Å². The van der Waals surface area contributed by atoms with E-state index >= 15 is 0 Å². The molecule has 0 spiro atoms. The van der Waals surface area contributed by atoms with Gasteiger partial charge < -0.3 is 0 Å². The fourth-order valence-corrected chi connectivity index (χ4v) is 9.63. The summed E-state index contributed by atoms with van der Waals surface area (Å²) >= 11 is 1.86. The van der Waals surface area contributed by atoms with Crippen LogP contribution in [0.4, 0.5) is 0 Å². The van der Waals surface area contributed by atoms with Crippen LogP contribution in [0, 0.1) is 0 Å². The van der Waals surface area contributed by atoms with Gasteiger partial charge in [0.1, 0.15) is 0 Å². The molecule has 61 heavy (non-hydrogen) atoms. The van der Waals surface area contributed by atoms with Gasteiger partial charge in [0.15, 0.2) is 5.82 Å². The van der Waals surface area contributed by atoms with Crippen molar-refractivity contribution in [3.05, 3.63) is 224 Å². The average molecular weight is 796 g/mol. The Bertz CT molecular complexity index is 3250. The van der Waals surface area contributed by atoms with Crippen molar-refractivity contribution in [2.24, 2.45) is 0 Å².